The Morgan fingerprint density at radius 1 is 1.44 bits per heavy atom. The van der Waals surface area contributed by atoms with E-state index in [0.717, 1.165) is 18.7 Å². The standard InChI is InChI=1S/C14H21NO3/c1-11(15-9-4-3-8-14(16)17)12-6-5-7-13(10-12)18-2/h5-7,10-11,15H,3-4,8-9H2,1-2H3,(H,16,17)/t11-/m1/s1. The predicted molar refractivity (Wildman–Crippen MR) is 70.9 cm³/mol. The van der Waals surface area contributed by atoms with Crippen molar-refractivity contribution in [2.45, 2.75) is 32.2 Å². The van der Waals surface area contributed by atoms with Gasteiger partial charge in [-0.15, -0.1) is 0 Å². The molecule has 0 saturated carbocycles. The average molecular weight is 251 g/mol. The second kappa shape index (κ2) is 7.71. The summed E-state index contributed by atoms with van der Waals surface area (Å²) in [5, 5.41) is 11.9. The van der Waals surface area contributed by atoms with Crippen molar-refractivity contribution in [3.8, 4) is 5.75 Å². The second-order valence-electron chi connectivity index (χ2n) is 4.30. The van der Waals surface area contributed by atoms with Crippen LogP contribution in [0.15, 0.2) is 24.3 Å². The number of hydrogen-bond donors (Lipinski definition) is 2. The van der Waals surface area contributed by atoms with E-state index in [0.29, 0.717) is 6.42 Å². The summed E-state index contributed by atoms with van der Waals surface area (Å²) in [5.41, 5.74) is 1.17. The molecule has 0 amide bonds. The lowest BCUT2D eigenvalue weighted by atomic mass is 10.1. The number of unbranched alkanes of at least 4 members (excludes halogenated alkanes) is 1. The second-order valence-corrected chi connectivity index (χ2v) is 4.30. The fourth-order valence-electron chi connectivity index (χ4n) is 1.75. The molecule has 0 aliphatic heterocycles. The first-order valence-corrected chi connectivity index (χ1v) is 6.22. The number of carboxylic acids is 1. The van der Waals surface area contributed by atoms with Gasteiger partial charge in [-0.1, -0.05) is 12.1 Å². The molecule has 0 aliphatic rings. The normalized spacial score (nSPS) is 12.1. The quantitative estimate of drug-likeness (QED) is 0.697. The number of hydrogen-bond acceptors (Lipinski definition) is 3. The van der Waals surface area contributed by atoms with Gasteiger partial charge in [-0.3, -0.25) is 4.79 Å². The van der Waals surface area contributed by atoms with Crippen LogP contribution in [0.3, 0.4) is 0 Å². The van der Waals surface area contributed by atoms with Crippen molar-refractivity contribution in [1.82, 2.24) is 5.32 Å². The predicted octanol–water partition coefficient (Wildman–Crippen LogP) is 2.60. The highest BCUT2D eigenvalue weighted by Crippen LogP contribution is 2.18. The molecule has 1 rings (SSSR count). The van der Waals surface area contributed by atoms with Crippen LogP contribution in [0, 0.1) is 0 Å². The zero-order chi connectivity index (χ0) is 13.4. The molecule has 4 nitrogen and oxygen atoms in total. The van der Waals surface area contributed by atoms with Gasteiger partial charge in [0.2, 0.25) is 0 Å². The Labute approximate surface area is 108 Å². The molecule has 0 spiro atoms. The highest BCUT2D eigenvalue weighted by Gasteiger charge is 2.05. The van der Waals surface area contributed by atoms with Gasteiger partial charge >= 0.3 is 5.97 Å². The monoisotopic (exact) mass is 251 g/mol. The van der Waals surface area contributed by atoms with Gasteiger partial charge < -0.3 is 15.2 Å². The third kappa shape index (κ3) is 5.19. The van der Waals surface area contributed by atoms with Crippen LogP contribution in [0.5, 0.6) is 5.75 Å². The summed E-state index contributed by atoms with van der Waals surface area (Å²) in [5.74, 6) is 0.128. The Morgan fingerprint density at radius 3 is 2.89 bits per heavy atom. The van der Waals surface area contributed by atoms with E-state index in [9.17, 15) is 4.79 Å². The van der Waals surface area contributed by atoms with Gasteiger partial charge in [0.15, 0.2) is 0 Å². The summed E-state index contributed by atoms with van der Waals surface area (Å²) in [7, 11) is 1.66. The molecule has 1 aromatic rings. The van der Waals surface area contributed by atoms with E-state index in [1.807, 2.05) is 18.2 Å². The van der Waals surface area contributed by atoms with E-state index in [4.69, 9.17) is 9.84 Å². The van der Waals surface area contributed by atoms with E-state index in [1.54, 1.807) is 7.11 Å². The van der Waals surface area contributed by atoms with Gasteiger partial charge in [-0.05, 0) is 44.0 Å². The number of aliphatic carboxylic acids is 1. The van der Waals surface area contributed by atoms with Crippen LogP contribution in [0.2, 0.25) is 0 Å². The van der Waals surface area contributed by atoms with Crippen LogP contribution < -0.4 is 10.1 Å². The molecule has 0 fully saturated rings. The Morgan fingerprint density at radius 2 is 2.22 bits per heavy atom. The maximum absolute atomic E-state index is 10.4. The fraction of sp³-hybridized carbons (Fsp3) is 0.500. The number of methoxy groups -OCH3 is 1. The van der Waals surface area contributed by atoms with E-state index < -0.39 is 5.97 Å². The number of benzene rings is 1. The third-order valence-electron chi connectivity index (χ3n) is 2.86. The van der Waals surface area contributed by atoms with E-state index in [1.165, 1.54) is 5.56 Å². The van der Waals surface area contributed by atoms with Crippen LogP contribution in [0.4, 0.5) is 0 Å². The van der Waals surface area contributed by atoms with Crippen molar-refractivity contribution < 1.29 is 14.6 Å². The first kappa shape index (κ1) is 14.5. The Kier molecular flexibility index (Phi) is 6.22. The molecule has 1 aromatic carbocycles. The van der Waals surface area contributed by atoms with Gasteiger partial charge in [0.1, 0.15) is 5.75 Å². The van der Waals surface area contributed by atoms with Crippen molar-refractivity contribution >= 4 is 5.97 Å². The lowest BCUT2D eigenvalue weighted by molar-refractivity contribution is -0.137. The molecule has 0 aromatic heterocycles. The summed E-state index contributed by atoms with van der Waals surface area (Å²) in [4.78, 5) is 10.4. The molecule has 18 heavy (non-hydrogen) atoms. The van der Waals surface area contributed by atoms with Crippen molar-refractivity contribution in [3.63, 3.8) is 0 Å². The molecule has 100 valence electrons. The van der Waals surface area contributed by atoms with Crippen LogP contribution in [-0.4, -0.2) is 24.7 Å². The van der Waals surface area contributed by atoms with Crippen LogP contribution in [0.25, 0.3) is 0 Å². The van der Waals surface area contributed by atoms with Gasteiger partial charge in [0.25, 0.3) is 0 Å². The van der Waals surface area contributed by atoms with Crippen molar-refractivity contribution in [1.29, 1.82) is 0 Å². The highest BCUT2D eigenvalue weighted by atomic mass is 16.5. The summed E-state index contributed by atoms with van der Waals surface area (Å²) in [6.07, 6.45) is 1.84. The lowest BCUT2D eigenvalue weighted by Crippen LogP contribution is -2.20. The van der Waals surface area contributed by atoms with E-state index >= 15 is 0 Å². The first-order valence-electron chi connectivity index (χ1n) is 6.22. The van der Waals surface area contributed by atoms with Crippen LogP contribution in [0.1, 0.15) is 37.8 Å². The molecule has 0 heterocycles. The summed E-state index contributed by atoms with van der Waals surface area (Å²) < 4.78 is 5.18. The average Bonchev–Trinajstić information content (AvgIpc) is 2.37. The Balaban J connectivity index is 2.31. The van der Waals surface area contributed by atoms with Gasteiger partial charge in [0.05, 0.1) is 7.11 Å². The first-order chi connectivity index (χ1) is 8.63. The highest BCUT2D eigenvalue weighted by molar-refractivity contribution is 5.66. The number of carboxylic acid groups (broad SMARTS) is 1. The van der Waals surface area contributed by atoms with Gasteiger partial charge in [-0.2, -0.15) is 0 Å². The van der Waals surface area contributed by atoms with Crippen LogP contribution >= 0.6 is 0 Å². The molecule has 0 unspecified atom stereocenters. The maximum atomic E-state index is 10.4. The topological polar surface area (TPSA) is 58.6 Å². The molecule has 0 saturated heterocycles. The lowest BCUT2D eigenvalue weighted by Gasteiger charge is -2.14. The zero-order valence-corrected chi connectivity index (χ0v) is 11.0. The molecule has 4 heteroatoms. The van der Waals surface area contributed by atoms with Gasteiger partial charge in [0, 0.05) is 12.5 Å². The molecular weight excluding hydrogens is 230 g/mol. The van der Waals surface area contributed by atoms with Gasteiger partial charge in [-0.25, -0.2) is 0 Å². The Bertz CT molecular complexity index is 379. The molecule has 0 radical (unpaired) electrons. The number of nitrogens with one attached hydrogen (secondary N) is 1. The summed E-state index contributed by atoms with van der Waals surface area (Å²) in [6, 6.07) is 8.19. The molecule has 1 atom stereocenters. The van der Waals surface area contributed by atoms with Crippen molar-refractivity contribution in [2.75, 3.05) is 13.7 Å². The number of ether oxygens (including phenoxy) is 1. The minimum atomic E-state index is -0.726. The fourth-order valence-corrected chi connectivity index (χ4v) is 1.75. The maximum Gasteiger partial charge on any atom is 0.303 e. The van der Waals surface area contributed by atoms with Crippen LogP contribution in [-0.2, 0) is 4.79 Å². The van der Waals surface area contributed by atoms with Crippen molar-refractivity contribution in [3.05, 3.63) is 29.8 Å². The van der Waals surface area contributed by atoms with Crippen molar-refractivity contribution in [2.24, 2.45) is 0 Å². The Hall–Kier alpha value is -1.55. The zero-order valence-electron chi connectivity index (χ0n) is 11.0. The smallest absolute Gasteiger partial charge is 0.303 e. The molecule has 0 aliphatic carbocycles. The van der Waals surface area contributed by atoms with E-state index in [-0.39, 0.29) is 12.5 Å². The molecule has 0 bridgehead atoms. The van der Waals surface area contributed by atoms with E-state index in [2.05, 4.69) is 18.3 Å². The SMILES string of the molecule is COc1cccc([C@@H](C)NCCCCC(=O)O)c1. The molecular formula is C14H21NO3. The minimum Gasteiger partial charge on any atom is -0.497 e. The number of carbonyl (C=O) groups is 1. The minimum absolute atomic E-state index is 0.241. The molecule has 2 N–H and O–H groups in total. The third-order valence-corrected chi connectivity index (χ3v) is 2.86. The number of rotatable bonds is 8. The summed E-state index contributed by atoms with van der Waals surface area (Å²) >= 11 is 0. The summed E-state index contributed by atoms with van der Waals surface area (Å²) in [6.45, 7) is 2.91. The largest absolute Gasteiger partial charge is 0.497 e.